The number of hydrogen-bond donors (Lipinski definition) is 2. The highest BCUT2D eigenvalue weighted by Gasteiger charge is 2.15. The molecule has 2 amide bonds. The van der Waals surface area contributed by atoms with Crippen LogP contribution in [0.1, 0.15) is 178 Å². The van der Waals surface area contributed by atoms with E-state index in [1.165, 1.54) is 109 Å². The van der Waals surface area contributed by atoms with Crippen LogP contribution >= 0.6 is 0 Å². The van der Waals surface area contributed by atoms with Crippen molar-refractivity contribution in [2.24, 2.45) is 0 Å². The van der Waals surface area contributed by atoms with Crippen LogP contribution in [-0.2, 0) is 9.59 Å². The van der Waals surface area contributed by atoms with Crippen LogP contribution < -0.4 is 10.6 Å². The van der Waals surface area contributed by atoms with Gasteiger partial charge >= 0.3 is 0 Å². The normalized spacial score (nSPS) is 11.2. The lowest BCUT2D eigenvalue weighted by Gasteiger charge is -2.18. The van der Waals surface area contributed by atoms with Crippen molar-refractivity contribution >= 4 is 23.2 Å². The largest absolute Gasteiger partial charge is 0.326 e. The lowest BCUT2D eigenvalue weighted by atomic mass is 9.92. The molecule has 0 aliphatic carbocycles. The molecule has 2 aromatic rings. The van der Waals surface area contributed by atoms with E-state index in [-0.39, 0.29) is 11.8 Å². The fraction of sp³-hybridized carbons (Fsp3) is 0.667. The Kier molecular flexibility index (Phi) is 21.1. The Labute approximate surface area is 283 Å². The highest BCUT2D eigenvalue weighted by molar-refractivity contribution is 5.94. The summed E-state index contributed by atoms with van der Waals surface area (Å²) in [5.41, 5.74) is 6.98. The molecule has 46 heavy (non-hydrogen) atoms. The predicted molar refractivity (Wildman–Crippen MR) is 200 cm³/mol. The quantitative estimate of drug-likeness (QED) is 0.101. The van der Waals surface area contributed by atoms with Gasteiger partial charge in [0.1, 0.15) is 0 Å². The maximum absolute atomic E-state index is 12.9. The average molecular weight is 632 g/mol. The van der Waals surface area contributed by atoms with Gasteiger partial charge in [0, 0.05) is 24.2 Å². The summed E-state index contributed by atoms with van der Waals surface area (Å²) in [6.45, 7) is 10.7. The average Bonchev–Trinajstić information content (AvgIpc) is 3.03. The van der Waals surface area contributed by atoms with E-state index in [1.54, 1.807) is 0 Å². The molecule has 0 fully saturated rings. The third kappa shape index (κ3) is 16.3. The smallest absolute Gasteiger partial charge is 0.224 e. The van der Waals surface area contributed by atoms with Gasteiger partial charge < -0.3 is 10.6 Å². The summed E-state index contributed by atoms with van der Waals surface area (Å²) < 4.78 is 0. The van der Waals surface area contributed by atoms with Crippen molar-refractivity contribution in [2.75, 3.05) is 10.6 Å². The number of aryl methyl sites for hydroxylation is 2. The standard InChI is InChI=1S/C42H67N2O2/c1-6-8-10-12-14-16-18-20-21-23-25-27-39(45)43-38-31-29-37(30-32-38)41-34(3)33-35(4)42(36(41)5)44-40(46)28-26-24-22-19-17-15-13-11-9-7-2/h29-32H,6-28H2,1-5H3,(H,43,45)(H,44,46). The molecule has 4 nitrogen and oxygen atoms in total. The molecule has 0 atom stereocenters. The fourth-order valence-electron chi connectivity index (χ4n) is 6.58. The van der Waals surface area contributed by atoms with Gasteiger partial charge in [-0.25, -0.2) is 0 Å². The van der Waals surface area contributed by atoms with Gasteiger partial charge in [-0.15, -0.1) is 0 Å². The number of nitrogens with one attached hydrogen (secondary N) is 2. The van der Waals surface area contributed by atoms with E-state index in [4.69, 9.17) is 0 Å². The van der Waals surface area contributed by atoms with Gasteiger partial charge in [-0.1, -0.05) is 148 Å². The maximum atomic E-state index is 12.9. The lowest BCUT2D eigenvalue weighted by Crippen LogP contribution is -2.14. The van der Waals surface area contributed by atoms with Gasteiger partial charge in [-0.3, -0.25) is 9.59 Å². The second-order valence-electron chi connectivity index (χ2n) is 13.6. The first-order chi connectivity index (χ1) is 22.4. The molecule has 257 valence electrons. The highest BCUT2D eigenvalue weighted by atomic mass is 16.2. The van der Waals surface area contributed by atoms with Gasteiger partial charge in [0.15, 0.2) is 0 Å². The molecule has 0 aliphatic heterocycles. The summed E-state index contributed by atoms with van der Waals surface area (Å²) in [6.07, 6.45) is 27.9. The molecule has 0 saturated carbocycles. The third-order valence-electron chi connectivity index (χ3n) is 9.36. The molecule has 1 radical (unpaired) electrons. The molecule has 0 heterocycles. The third-order valence-corrected chi connectivity index (χ3v) is 9.36. The minimum absolute atomic E-state index is 0.0878. The van der Waals surface area contributed by atoms with Crippen molar-refractivity contribution in [2.45, 2.75) is 182 Å². The molecule has 4 heteroatoms. The summed E-state index contributed by atoms with van der Waals surface area (Å²) in [5, 5.41) is 6.28. The van der Waals surface area contributed by atoms with E-state index in [1.807, 2.05) is 19.1 Å². The number of anilines is 2. The zero-order chi connectivity index (χ0) is 33.4. The maximum Gasteiger partial charge on any atom is 0.224 e. The van der Waals surface area contributed by atoms with Crippen LogP contribution in [0.25, 0.3) is 11.1 Å². The first-order valence-corrected chi connectivity index (χ1v) is 19.1. The predicted octanol–water partition coefficient (Wildman–Crippen LogP) is 13.0. The zero-order valence-corrected chi connectivity index (χ0v) is 30.4. The summed E-state index contributed by atoms with van der Waals surface area (Å²) in [6, 6.07) is 11.6. The van der Waals surface area contributed by atoms with Crippen molar-refractivity contribution in [1.29, 1.82) is 0 Å². The summed E-state index contributed by atoms with van der Waals surface area (Å²) in [7, 11) is 0. The second kappa shape index (κ2) is 24.5. The van der Waals surface area contributed by atoms with Gasteiger partial charge in [0.25, 0.3) is 0 Å². The van der Waals surface area contributed by atoms with Crippen LogP contribution in [0.2, 0.25) is 0 Å². The topological polar surface area (TPSA) is 58.2 Å². The first kappa shape index (κ1) is 39.6. The second-order valence-corrected chi connectivity index (χ2v) is 13.6. The van der Waals surface area contributed by atoms with Gasteiger partial charge in [-0.05, 0) is 79.6 Å². The Morgan fingerprint density at radius 3 is 1.35 bits per heavy atom. The molecule has 0 aromatic heterocycles. The van der Waals surface area contributed by atoms with E-state index in [2.05, 4.69) is 56.5 Å². The molecule has 2 rings (SSSR count). The molecular formula is C42H67N2O2. The zero-order valence-electron chi connectivity index (χ0n) is 30.4. The number of hydrogen-bond acceptors (Lipinski definition) is 2. The molecule has 0 bridgehead atoms. The Balaban J connectivity index is 1.75. The molecule has 0 unspecified atom stereocenters. The summed E-state index contributed by atoms with van der Waals surface area (Å²) >= 11 is 0. The molecule has 0 saturated heterocycles. The Bertz CT molecular complexity index is 1120. The van der Waals surface area contributed by atoms with Crippen LogP contribution in [0.5, 0.6) is 0 Å². The van der Waals surface area contributed by atoms with Crippen LogP contribution in [0, 0.1) is 26.8 Å². The van der Waals surface area contributed by atoms with Crippen molar-refractivity contribution in [3.8, 4) is 11.1 Å². The number of carbonyl (C=O) groups excluding carboxylic acids is 2. The number of unbranched alkanes of at least 4 members (excludes halogenated alkanes) is 19. The molecule has 0 aliphatic rings. The van der Waals surface area contributed by atoms with E-state index < -0.39 is 0 Å². The molecule has 2 aromatic carbocycles. The number of amides is 2. The molecule has 0 spiro atoms. The Morgan fingerprint density at radius 2 is 0.913 bits per heavy atom. The van der Waals surface area contributed by atoms with Crippen molar-refractivity contribution in [1.82, 2.24) is 0 Å². The van der Waals surface area contributed by atoms with Crippen LogP contribution in [0.15, 0.2) is 24.3 Å². The van der Waals surface area contributed by atoms with E-state index >= 15 is 0 Å². The fourth-order valence-corrected chi connectivity index (χ4v) is 6.58. The minimum Gasteiger partial charge on any atom is -0.326 e. The van der Waals surface area contributed by atoms with Crippen molar-refractivity contribution < 1.29 is 9.59 Å². The SMILES string of the molecule is CCCCCCCCCCCCCC(=O)Nc1ccc(-c2c(C)[c]c(C)c(NC(=O)CCCCCCCCCCCC)c2C)cc1. The van der Waals surface area contributed by atoms with Crippen LogP contribution in [0.4, 0.5) is 11.4 Å². The molecular weight excluding hydrogens is 564 g/mol. The number of rotatable bonds is 26. The van der Waals surface area contributed by atoms with E-state index in [9.17, 15) is 9.59 Å². The van der Waals surface area contributed by atoms with Crippen molar-refractivity contribution in [3.63, 3.8) is 0 Å². The first-order valence-electron chi connectivity index (χ1n) is 19.1. The summed E-state index contributed by atoms with van der Waals surface area (Å²) in [4.78, 5) is 25.4. The van der Waals surface area contributed by atoms with Crippen LogP contribution in [-0.4, -0.2) is 11.8 Å². The Morgan fingerprint density at radius 1 is 0.522 bits per heavy atom. The number of carbonyl (C=O) groups is 2. The minimum atomic E-state index is 0.0878. The van der Waals surface area contributed by atoms with Gasteiger partial charge in [0.2, 0.25) is 11.8 Å². The van der Waals surface area contributed by atoms with E-state index in [0.717, 1.165) is 64.9 Å². The summed E-state index contributed by atoms with van der Waals surface area (Å²) in [5.74, 6) is 0.178. The van der Waals surface area contributed by atoms with Crippen molar-refractivity contribution in [3.05, 3.63) is 47.0 Å². The van der Waals surface area contributed by atoms with Gasteiger partial charge in [-0.2, -0.15) is 0 Å². The van der Waals surface area contributed by atoms with E-state index in [0.29, 0.717) is 12.8 Å². The number of benzene rings is 2. The molecule has 2 N–H and O–H groups in total. The monoisotopic (exact) mass is 632 g/mol. The van der Waals surface area contributed by atoms with Gasteiger partial charge in [0.05, 0.1) is 0 Å². The Hall–Kier alpha value is -2.62. The highest BCUT2D eigenvalue weighted by Crippen LogP contribution is 2.35. The van der Waals surface area contributed by atoms with Crippen LogP contribution in [0.3, 0.4) is 0 Å². The lowest BCUT2D eigenvalue weighted by molar-refractivity contribution is -0.117.